The summed E-state index contributed by atoms with van der Waals surface area (Å²) < 4.78 is 23.7. The molecule has 5 heterocycles. The van der Waals surface area contributed by atoms with E-state index in [1.165, 1.54) is 0 Å². The highest BCUT2D eigenvalue weighted by molar-refractivity contribution is 5.92. The van der Waals surface area contributed by atoms with Gasteiger partial charge in [0, 0.05) is 51.2 Å². The van der Waals surface area contributed by atoms with E-state index < -0.39 is 6.17 Å². The van der Waals surface area contributed by atoms with E-state index in [4.69, 9.17) is 26.2 Å². The average molecular weight is 492 g/mol. The SMILES string of the molecule is Cn1c(-c2nc(-c3cnn(C4CCOCC4)c3)cnc2N)nc2cccc(N3C[C@@H](N)C[C@H](F)C3)c21. The molecule has 36 heavy (non-hydrogen) atoms. The molecule has 4 N–H and O–H groups in total. The molecule has 0 bridgehead atoms. The van der Waals surface area contributed by atoms with Gasteiger partial charge in [-0.05, 0) is 31.4 Å². The molecule has 0 radical (unpaired) electrons. The number of hydrogen-bond acceptors (Lipinski definition) is 8. The van der Waals surface area contributed by atoms with Crippen LogP contribution in [-0.2, 0) is 11.8 Å². The molecule has 0 spiro atoms. The van der Waals surface area contributed by atoms with E-state index in [0.717, 1.165) is 48.3 Å². The van der Waals surface area contributed by atoms with Crippen molar-refractivity contribution in [2.24, 2.45) is 12.8 Å². The lowest BCUT2D eigenvalue weighted by Crippen LogP contribution is -2.48. The van der Waals surface area contributed by atoms with Crippen LogP contribution in [0.1, 0.15) is 25.3 Å². The van der Waals surface area contributed by atoms with Gasteiger partial charge in [-0.25, -0.2) is 19.3 Å². The fourth-order valence-electron chi connectivity index (χ4n) is 5.31. The minimum absolute atomic E-state index is 0.211. The molecule has 0 saturated carbocycles. The van der Waals surface area contributed by atoms with Gasteiger partial charge in [0.1, 0.15) is 11.9 Å². The lowest BCUT2D eigenvalue weighted by molar-refractivity contribution is 0.0662. The van der Waals surface area contributed by atoms with E-state index in [1.807, 2.05) is 45.6 Å². The fourth-order valence-corrected chi connectivity index (χ4v) is 5.31. The number of ether oxygens (including phenoxy) is 1. The van der Waals surface area contributed by atoms with Crippen molar-refractivity contribution in [3.8, 4) is 22.8 Å². The molecule has 0 aliphatic carbocycles. The van der Waals surface area contributed by atoms with Crippen LogP contribution in [0.5, 0.6) is 0 Å². The number of nitrogens with zero attached hydrogens (tertiary/aromatic N) is 7. The number of nitrogens with two attached hydrogens (primary N) is 2. The molecule has 6 rings (SSSR count). The number of nitrogen functional groups attached to an aromatic ring is 1. The Morgan fingerprint density at radius 1 is 1.11 bits per heavy atom. The number of rotatable bonds is 4. The van der Waals surface area contributed by atoms with Crippen LogP contribution in [-0.4, -0.2) is 67.8 Å². The molecule has 3 aromatic heterocycles. The van der Waals surface area contributed by atoms with Crippen molar-refractivity contribution in [3.63, 3.8) is 0 Å². The molecule has 4 aromatic rings. The van der Waals surface area contributed by atoms with Gasteiger partial charge in [0.25, 0.3) is 0 Å². The summed E-state index contributed by atoms with van der Waals surface area (Å²) >= 11 is 0. The molecule has 2 atom stereocenters. The monoisotopic (exact) mass is 491 g/mol. The van der Waals surface area contributed by atoms with E-state index >= 15 is 0 Å². The minimum Gasteiger partial charge on any atom is -0.382 e. The first-order valence-electron chi connectivity index (χ1n) is 12.3. The smallest absolute Gasteiger partial charge is 0.163 e. The van der Waals surface area contributed by atoms with Gasteiger partial charge in [-0.15, -0.1) is 0 Å². The maximum atomic E-state index is 14.3. The van der Waals surface area contributed by atoms with Gasteiger partial charge in [-0.2, -0.15) is 5.10 Å². The second-order valence-electron chi connectivity index (χ2n) is 9.68. The van der Waals surface area contributed by atoms with E-state index in [1.54, 1.807) is 12.4 Å². The van der Waals surface area contributed by atoms with Crippen molar-refractivity contribution in [3.05, 3.63) is 36.8 Å². The van der Waals surface area contributed by atoms with Gasteiger partial charge in [0.05, 0.1) is 40.9 Å². The number of hydrogen-bond donors (Lipinski definition) is 2. The predicted octanol–water partition coefficient (Wildman–Crippen LogP) is 2.70. The lowest BCUT2D eigenvalue weighted by atomic mass is 10.0. The lowest BCUT2D eigenvalue weighted by Gasteiger charge is -2.35. The van der Waals surface area contributed by atoms with Gasteiger partial charge in [0.2, 0.25) is 0 Å². The molecule has 0 unspecified atom stereocenters. The summed E-state index contributed by atoms with van der Waals surface area (Å²) in [6.07, 6.45) is 6.76. The zero-order valence-corrected chi connectivity index (χ0v) is 20.2. The Labute approximate surface area is 208 Å². The van der Waals surface area contributed by atoms with Crippen molar-refractivity contribution >= 4 is 22.5 Å². The average Bonchev–Trinajstić information content (AvgIpc) is 3.50. The van der Waals surface area contributed by atoms with E-state index in [2.05, 4.69) is 10.1 Å². The summed E-state index contributed by atoms with van der Waals surface area (Å²) in [5.74, 6) is 0.888. The number of imidazole rings is 1. The number of aromatic nitrogens is 6. The van der Waals surface area contributed by atoms with Gasteiger partial charge < -0.3 is 25.7 Å². The van der Waals surface area contributed by atoms with Crippen LogP contribution in [0.25, 0.3) is 33.8 Å². The van der Waals surface area contributed by atoms with Crippen molar-refractivity contribution in [1.82, 2.24) is 29.3 Å². The third kappa shape index (κ3) is 4.07. The first-order chi connectivity index (χ1) is 17.5. The van der Waals surface area contributed by atoms with Crippen LogP contribution < -0.4 is 16.4 Å². The maximum absolute atomic E-state index is 14.3. The number of halogens is 1. The van der Waals surface area contributed by atoms with Crippen LogP contribution in [0.2, 0.25) is 0 Å². The van der Waals surface area contributed by atoms with Gasteiger partial charge in [-0.1, -0.05) is 6.07 Å². The molecule has 11 heteroatoms. The van der Waals surface area contributed by atoms with E-state index in [9.17, 15) is 4.39 Å². The Bertz CT molecular complexity index is 1380. The van der Waals surface area contributed by atoms with E-state index in [-0.39, 0.29) is 6.04 Å². The molecule has 2 fully saturated rings. The predicted molar refractivity (Wildman–Crippen MR) is 136 cm³/mol. The Balaban J connectivity index is 1.38. The Morgan fingerprint density at radius 2 is 1.94 bits per heavy atom. The van der Waals surface area contributed by atoms with E-state index in [0.29, 0.717) is 48.6 Å². The van der Waals surface area contributed by atoms with Crippen LogP contribution in [0.4, 0.5) is 15.9 Å². The summed E-state index contributed by atoms with van der Waals surface area (Å²) in [6.45, 7) is 2.39. The molecule has 2 aliphatic rings. The highest BCUT2D eigenvalue weighted by atomic mass is 19.1. The molecule has 1 aromatic carbocycles. The summed E-state index contributed by atoms with van der Waals surface area (Å²) in [4.78, 5) is 16.1. The second-order valence-corrected chi connectivity index (χ2v) is 9.68. The number of alkyl halides is 1. The maximum Gasteiger partial charge on any atom is 0.163 e. The molecule has 2 saturated heterocycles. The number of fused-ring (bicyclic) bond motifs is 1. The van der Waals surface area contributed by atoms with Crippen LogP contribution in [0.3, 0.4) is 0 Å². The number of aryl methyl sites for hydroxylation is 1. The molecule has 0 amide bonds. The number of anilines is 2. The number of benzene rings is 1. The second kappa shape index (κ2) is 9.14. The van der Waals surface area contributed by atoms with Gasteiger partial charge >= 0.3 is 0 Å². The number of para-hydroxylation sites is 1. The first kappa shape index (κ1) is 22.9. The third-order valence-electron chi connectivity index (χ3n) is 7.12. The van der Waals surface area contributed by atoms with Gasteiger partial charge in [0.15, 0.2) is 11.6 Å². The van der Waals surface area contributed by atoms with Crippen molar-refractivity contribution < 1.29 is 9.13 Å². The zero-order valence-electron chi connectivity index (χ0n) is 20.2. The standard InChI is InChI=1S/C25H30FN9O/c1-33-23-19(3-2-4-21(23)34-13-16(26)9-17(27)14-34)32-25(33)22-24(28)29-11-20(31-22)15-10-30-35(12-15)18-5-7-36-8-6-18/h2-4,10-12,16-18H,5-9,13-14,27H2,1H3,(H2,28,29)/t16-,17-/m0/s1. The Hall–Kier alpha value is -3.57. The van der Waals surface area contributed by atoms with Crippen LogP contribution >= 0.6 is 0 Å². The quantitative estimate of drug-likeness (QED) is 0.446. The highest BCUT2D eigenvalue weighted by Crippen LogP contribution is 2.34. The molecule has 188 valence electrons. The fraction of sp³-hybridized carbons (Fsp3) is 0.440. The summed E-state index contributed by atoms with van der Waals surface area (Å²) in [6, 6.07) is 5.95. The topological polar surface area (TPSA) is 126 Å². The largest absolute Gasteiger partial charge is 0.382 e. The van der Waals surface area contributed by atoms with Crippen molar-refractivity contribution in [2.75, 3.05) is 36.9 Å². The number of piperidine rings is 1. The Kier molecular flexibility index (Phi) is 5.81. The summed E-state index contributed by atoms with van der Waals surface area (Å²) in [7, 11) is 1.92. The minimum atomic E-state index is -0.961. The summed E-state index contributed by atoms with van der Waals surface area (Å²) in [5.41, 5.74) is 17.0. The Morgan fingerprint density at radius 3 is 2.75 bits per heavy atom. The third-order valence-corrected chi connectivity index (χ3v) is 7.12. The summed E-state index contributed by atoms with van der Waals surface area (Å²) in [5, 5.41) is 4.56. The van der Waals surface area contributed by atoms with Gasteiger partial charge in [-0.3, -0.25) is 4.68 Å². The van der Waals surface area contributed by atoms with Crippen LogP contribution in [0.15, 0.2) is 36.8 Å². The van der Waals surface area contributed by atoms with Crippen molar-refractivity contribution in [1.29, 1.82) is 0 Å². The molecular weight excluding hydrogens is 461 g/mol. The molecule has 2 aliphatic heterocycles. The van der Waals surface area contributed by atoms with Crippen molar-refractivity contribution in [2.45, 2.75) is 37.5 Å². The normalized spacial score (nSPS) is 21.4. The molecular formula is C25H30FN9O. The molecule has 10 nitrogen and oxygen atoms in total. The first-order valence-corrected chi connectivity index (χ1v) is 12.3. The highest BCUT2D eigenvalue weighted by Gasteiger charge is 2.28. The van der Waals surface area contributed by atoms with Crippen LogP contribution in [0, 0.1) is 0 Å². The zero-order chi connectivity index (χ0) is 24.8.